The molecule has 1 aliphatic rings. The van der Waals surface area contributed by atoms with Crippen molar-refractivity contribution < 1.29 is 4.79 Å². The van der Waals surface area contributed by atoms with Gasteiger partial charge in [-0.2, -0.15) is 0 Å². The number of hydrogen-bond donors (Lipinski definition) is 2. The molecule has 1 aliphatic heterocycles. The predicted octanol–water partition coefficient (Wildman–Crippen LogP) is 0.922. The zero-order valence-corrected chi connectivity index (χ0v) is 16.9. The van der Waals surface area contributed by atoms with Gasteiger partial charge in [-0.05, 0) is 25.0 Å². The zero-order valence-electron chi connectivity index (χ0n) is 14.5. The van der Waals surface area contributed by atoms with Crippen molar-refractivity contribution in [3.05, 3.63) is 24.4 Å². The average Bonchev–Trinajstić information content (AvgIpc) is 2.59. The van der Waals surface area contributed by atoms with Crippen LogP contribution in [0.2, 0.25) is 0 Å². The molecular formula is C16H27IN6O. The standard InChI is InChI=1S/C16H26N6O.HI/c1-17-16(19-12-15(23)21(2)3)20-13-7-10-22(11-8-13)14-6-4-5-9-18-14;/h4-6,9,13H,7-8,10-12H2,1-3H3,(H2,17,19,20);1H. The lowest BCUT2D eigenvalue weighted by molar-refractivity contribution is -0.127. The molecule has 2 heterocycles. The number of likely N-dealkylation sites (N-methyl/N-ethyl adjacent to an activating group) is 1. The smallest absolute Gasteiger partial charge is 0.241 e. The Morgan fingerprint density at radius 1 is 1.38 bits per heavy atom. The molecule has 134 valence electrons. The predicted molar refractivity (Wildman–Crippen MR) is 108 cm³/mol. The highest BCUT2D eigenvalue weighted by atomic mass is 127. The molecule has 0 unspecified atom stereocenters. The number of nitrogens with one attached hydrogen (secondary N) is 2. The Hall–Kier alpha value is -1.58. The van der Waals surface area contributed by atoms with E-state index in [9.17, 15) is 4.79 Å². The van der Waals surface area contributed by atoms with Crippen molar-refractivity contribution in [2.24, 2.45) is 4.99 Å². The van der Waals surface area contributed by atoms with Crippen molar-refractivity contribution in [3.63, 3.8) is 0 Å². The van der Waals surface area contributed by atoms with Gasteiger partial charge in [0.15, 0.2) is 5.96 Å². The highest BCUT2D eigenvalue weighted by Crippen LogP contribution is 2.17. The monoisotopic (exact) mass is 446 g/mol. The van der Waals surface area contributed by atoms with Gasteiger partial charge < -0.3 is 20.4 Å². The fourth-order valence-electron chi connectivity index (χ4n) is 2.50. The summed E-state index contributed by atoms with van der Waals surface area (Å²) in [6.45, 7) is 2.17. The van der Waals surface area contributed by atoms with Gasteiger partial charge in [0, 0.05) is 46.5 Å². The molecule has 0 radical (unpaired) electrons. The van der Waals surface area contributed by atoms with E-state index in [1.165, 1.54) is 0 Å². The van der Waals surface area contributed by atoms with Crippen LogP contribution in [-0.2, 0) is 4.79 Å². The van der Waals surface area contributed by atoms with Crippen LogP contribution in [0.25, 0.3) is 0 Å². The minimum atomic E-state index is 0. The van der Waals surface area contributed by atoms with Crippen molar-refractivity contribution in [1.29, 1.82) is 0 Å². The number of hydrogen-bond acceptors (Lipinski definition) is 4. The highest BCUT2D eigenvalue weighted by Gasteiger charge is 2.20. The molecule has 0 aromatic carbocycles. The van der Waals surface area contributed by atoms with E-state index in [1.54, 1.807) is 26.0 Å². The molecule has 0 spiro atoms. The number of anilines is 1. The van der Waals surface area contributed by atoms with E-state index in [0.29, 0.717) is 12.0 Å². The Kier molecular flexibility index (Phi) is 8.80. The molecule has 7 nitrogen and oxygen atoms in total. The largest absolute Gasteiger partial charge is 0.356 e. The van der Waals surface area contributed by atoms with Gasteiger partial charge in [-0.1, -0.05) is 6.07 Å². The van der Waals surface area contributed by atoms with Crippen molar-refractivity contribution in [2.75, 3.05) is 45.7 Å². The summed E-state index contributed by atoms with van der Waals surface area (Å²) in [4.78, 5) is 24.1. The fraction of sp³-hybridized carbons (Fsp3) is 0.562. The van der Waals surface area contributed by atoms with Gasteiger partial charge in [0.1, 0.15) is 5.82 Å². The molecule has 24 heavy (non-hydrogen) atoms. The number of pyridine rings is 1. The van der Waals surface area contributed by atoms with Gasteiger partial charge in [0.05, 0.1) is 6.54 Å². The molecule has 8 heteroatoms. The second-order valence-electron chi connectivity index (χ2n) is 5.81. The molecule has 1 aromatic heterocycles. The molecule has 0 bridgehead atoms. The fourth-order valence-corrected chi connectivity index (χ4v) is 2.50. The molecule has 1 fully saturated rings. The second-order valence-corrected chi connectivity index (χ2v) is 5.81. The number of rotatable bonds is 4. The van der Waals surface area contributed by atoms with Crippen LogP contribution in [-0.4, -0.2) is 68.6 Å². The van der Waals surface area contributed by atoms with E-state index in [4.69, 9.17) is 0 Å². The summed E-state index contributed by atoms with van der Waals surface area (Å²) in [5, 5.41) is 6.46. The third-order valence-corrected chi connectivity index (χ3v) is 3.94. The first-order chi connectivity index (χ1) is 11.1. The van der Waals surface area contributed by atoms with E-state index in [-0.39, 0.29) is 36.4 Å². The quantitative estimate of drug-likeness (QED) is 0.409. The topological polar surface area (TPSA) is 72.9 Å². The van der Waals surface area contributed by atoms with Crippen LogP contribution in [0.5, 0.6) is 0 Å². The Morgan fingerprint density at radius 3 is 2.62 bits per heavy atom. The summed E-state index contributed by atoms with van der Waals surface area (Å²) < 4.78 is 0. The van der Waals surface area contributed by atoms with Gasteiger partial charge in [-0.3, -0.25) is 9.79 Å². The molecular weight excluding hydrogens is 419 g/mol. The molecule has 1 aromatic rings. The van der Waals surface area contributed by atoms with E-state index < -0.39 is 0 Å². The molecule has 0 atom stereocenters. The van der Waals surface area contributed by atoms with Gasteiger partial charge in [0.25, 0.3) is 0 Å². The van der Waals surface area contributed by atoms with Crippen LogP contribution in [0.4, 0.5) is 5.82 Å². The van der Waals surface area contributed by atoms with E-state index in [2.05, 4.69) is 25.5 Å². The Bertz CT molecular complexity index is 529. The summed E-state index contributed by atoms with van der Waals surface area (Å²) in [6.07, 6.45) is 3.85. The molecule has 2 N–H and O–H groups in total. The van der Waals surface area contributed by atoms with Gasteiger partial charge in [0.2, 0.25) is 5.91 Å². The number of amides is 1. The Morgan fingerprint density at radius 2 is 2.08 bits per heavy atom. The first-order valence-corrected chi connectivity index (χ1v) is 7.93. The number of piperidine rings is 1. The molecule has 0 aliphatic carbocycles. The normalized spacial score (nSPS) is 15.5. The molecule has 2 rings (SSSR count). The van der Waals surface area contributed by atoms with Crippen molar-refractivity contribution in [3.8, 4) is 0 Å². The maximum absolute atomic E-state index is 11.6. The number of halogens is 1. The summed E-state index contributed by atoms with van der Waals surface area (Å²) in [6, 6.07) is 6.35. The third kappa shape index (κ3) is 6.14. The lowest BCUT2D eigenvalue weighted by Crippen LogP contribution is -2.50. The summed E-state index contributed by atoms with van der Waals surface area (Å²) in [5.41, 5.74) is 0. The lowest BCUT2D eigenvalue weighted by Gasteiger charge is -2.33. The Balaban J connectivity index is 0.00000288. The average molecular weight is 446 g/mol. The van der Waals surface area contributed by atoms with Gasteiger partial charge in [-0.15, -0.1) is 24.0 Å². The van der Waals surface area contributed by atoms with Crippen molar-refractivity contribution in [1.82, 2.24) is 20.5 Å². The van der Waals surface area contributed by atoms with Crippen molar-refractivity contribution >= 4 is 41.7 Å². The summed E-state index contributed by atoms with van der Waals surface area (Å²) >= 11 is 0. The van der Waals surface area contributed by atoms with Crippen LogP contribution >= 0.6 is 24.0 Å². The number of carbonyl (C=O) groups is 1. The van der Waals surface area contributed by atoms with Crippen LogP contribution in [0, 0.1) is 0 Å². The highest BCUT2D eigenvalue weighted by molar-refractivity contribution is 14.0. The number of nitrogens with zero attached hydrogens (tertiary/aromatic N) is 4. The van der Waals surface area contributed by atoms with Crippen LogP contribution in [0.3, 0.4) is 0 Å². The zero-order chi connectivity index (χ0) is 16.7. The maximum Gasteiger partial charge on any atom is 0.241 e. The number of carbonyl (C=O) groups excluding carboxylic acids is 1. The van der Waals surface area contributed by atoms with Crippen LogP contribution in [0.15, 0.2) is 29.4 Å². The summed E-state index contributed by atoms with van der Waals surface area (Å²) in [7, 11) is 5.21. The number of guanidine groups is 1. The number of aliphatic imine (C=N–C) groups is 1. The molecule has 1 amide bonds. The minimum Gasteiger partial charge on any atom is -0.356 e. The molecule has 0 saturated carbocycles. The Labute approximate surface area is 160 Å². The van der Waals surface area contributed by atoms with E-state index >= 15 is 0 Å². The number of aromatic nitrogens is 1. The minimum absolute atomic E-state index is 0. The maximum atomic E-state index is 11.6. The van der Waals surface area contributed by atoms with Crippen molar-refractivity contribution in [2.45, 2.75) is 18.9 Å². The van der Waals surface area contributed by atoms with Crippen LogP contribution < -0.4 is 15.5 Å². The van der Waals surface area contributed by atoms with Gasteiger partial charge in [-0.25, -0.2) is 4.98 Å². The first-order valence-electron chi connectivity index (χ1n) is 7.93. The van der Waals surface area contributed by atoms with E-state index in [0.717, 1.165) is 31.7 Å². The SMILES string of the molecule is CN=C(NCC(=O)N(C)C)NC1CCN(c2ccccn2)CC1.I. The molecule has 1 saturated heterocycles. The lowest BCUT2D eigenvalue weighted by atomic mass is 10.1. The van der Waals surface area contributed by atoms with E-state index in [1.807, 2.05) is 24.4 Å². The van der Waals surface area contributed by atoms with Gasteiger partial charge >= 0.3 is 0 Å². The summed E-state index contributed by atoms with van der Waals surface area (Å²) in [5.74, 6) is 1.74. The van der Waals surface area contributed by atoms with Crippen LogP contribution in [0.1, 0.15) is 12.8 Å². The third-order valence-electron chi connectivity index (χ3n) is 3.94. The second kappa shape index (κ2) is 10.3. The first kappa shape index (κ1) is 20.5.